The standard InChI is InChI=1S/C23H18ClNO3S/c24-21-12-10-19(11-13-21)17-29(26,27)22(15-25)14-20-8-4-5-9-23(20)28-16-18-6-2-1-3-7-18/h1-14H,16-17H2/b22-14-. The van der Waals surface area contributed by atoms with Gasteiger partial charge in [-0.2, -0.15) is 5.26 Å². The first kappa shape index (κ1) is 20.7. The van der Waals surface area contributed by atoms with E-state index in [0.29, 0.717) is 28.5 Å². The fraction of sp³-hybridized carbons (Fsp3) is 0.0870. The van der Waals surface area contributed by atoms with Gasteiger partial charge in [0, 0.05) is 10.6 Å². The van der Waals surface area contributed by atoms with Crippen molar-refractivity contribution in [2.24, 2.45) is 0 Å². The van der Waals surface area contributed by atoms with Crippen LogP contribution in [0.5, 0.6) is 5.75 Å². The van der Waals surface area contributed by atoms with Crippen LogP contribution in [0.4, 0.5) is 0 Å². The van der Waals surface area contributed by atoms with E-state index in [1.54, 1.807) is 48.5 Å². The number of halogens is 1. The fourth-order valence-electron chi connectivity index (χ4n) is 2.68. The molecule has 0 spiro atoms. The van der Waals surface area contributed by atoms with Gasteiger partial charge in [0.25, 0.3) is 0 Å². The third-order valence-corrected chi connectivity index (χ3v) is 6.00. The number of nitriles is 1. The molecule has 0 atom stereocenters. The summed E-state index contributed by atoms with van der Waals surface area (Å²) in [6.07, 6.45) is 1.35. The van der Waals surface area contributed by atoms with Crippen LogP contribution < -0.4 is 4.74 Å². The zero-order valence-corrected chi connectivity index (χ0v) is 17.0. The second-order valence-corrected chi connectivity index (χ2v) is 8.71. The van der Waals surface area contributed by atoms with Crippen molar-refractivity contribution >= 4 is 27.5 Å². The zero-order valence-electron chi connectivity index (χ0n) is 15.5. The van der Waals surface area contributed by atoms with E-state index in [2.05, 4.69) is 0 Å². The van der Waals surface area contributed by atoms with Gasteiger partial charge in [0.15, 0.2) is 9.84 Å². The lowest BCUT2D eigenvalue weighted by Crippen LogP contribution is -2.06. The van der Waals surface area contributed by atoms with E-state index in [4.69, 9.17) is 16.3 Å². The van der Waals surface area contributed by atoms with Crippen LogP contribution in [0.1, 0.15) is 16.7 Å². The van der Waals surface area contributed by atoms with E-state index in [-0.39, 0.29) is 10.7 Å². The van der Waals surface area contributed by atoms with Crippen LogP contribution >= 0.6 is 11.6 Å². The highest BCUT2D eigenvalue weighted by Gasteiger charge is 2.19. The first-order chi connectivity index (χ1) is 14.0. The molecule has 0 aromatic heterocycles. The molecule has 0 heterocycles. The second-order valence-electron chi connectivity index (χ2n) is 6.32. The summed E-state index contributed by atoms with van der Waals surface area (Å²) < 4.78 is 31.3. The minimum Gasteiger partial charge on any atom is -0.488 e. The van der Waals surface area contributed by atoms with Crippen molar-refractivity contribution in [1.82, 2.24) is 0 Å². The molecule has 3 aromatic carbocycles. The van der Waals surface area contributed by atoms with Crippen LogP contribution in [0.25, 0.3) is 6.08 Å². The quantitative estimate of drug-likeness (QED) is 0.477. The molecule has 0 aliphatic heterocycles. The molecule has 0 saturated carbocycles. The van der Waals surface area contributed by atoms with Gasteiger partial charge < -0.3 is 4.74 Å². The Balaban J connectivity index is 1.85. The Bertz CT molecular complexity index is 1150. The van der Waals surface area contributed by atoms with Crippen molar-refractivity contribution in [2.75, 3.05) is 0 Å². The normalized spacial score (nSPS) is 11.7. The summed E-state index contributed by atoms with van der Waals surface area (Å²) in [6, 6.07) is 25.0. The number of nitrogens with zero attached hydrogens (tertiary/aromatic N) is 1. The number of hydrogen-bond acceptors (Lipinski definition) is 4. The Kier molecular flexibility index (Phi) is 6.71. The van der Waals surface area contributed by atoms with Crippen molar-refractivity contribution in [3.8, 4) is 11.8 Å². The Morgan fingerprint density at radius 3 is 2.28 bits per heavy atom. The van der Waals surface area contributed by atoms with Crippen molar-refractivity contribution in [3.63, 3.8) is 0 Å². The average Bonchev–Trinajstić information content (AvgIpc) is 2.73. The summed E-state index contributed by atoms with van der Waals surface area (Å²) in [5.41, 5.74) is 2.07. The van der Waals surface area contributed by atoms with Gasteiger partial charge in [-0.1, -0.05) is 72.3 Å². The predicted octanol–water partition coefficient (Wildman–Crippen LogP) is 5.40. The molecule has 0 bridgehead atoms. The van der Waals surface area contributed by atoms with E-state index >= 15 is 0 Å². The summed E-state index contributed by atoms with van der Waals surface area (Å²) in [5, 5.41) is 10.0. The van der Waals surface area contributed by atoms with Crippen LogP contribution in [0.2, 0.25) is 5.02 Å². The smallest absolute Gasteiger partial charge is 0.192 e. The molecule has 0 radical (unpaired) electrons. The topological polar surface area (TPSA) is 67.2 Å². The van der Waals surface area contributed by atoms with Gasteiger partial charge in [0.1, 0.15) is 23.3 Å². The largest absolute Gasteiger partial charge is 0.488 e. The van der Waals surface area contributed by atoms with Crippen molar-refractivity contribution < 1.29 is 13.2 Å². The molecule has 0 N–H and O–H groups in total. The molecule has 29 heavy (non-hydrogen) atoms. The highest BCUT2D eigenvalue weighted by molar-refractivity contribution is 7.95. The Hall–Kier alpha value is -3.07. The Labute approximate surface area is 175 Å². The molecular weight excluding hydrogens is 406 g/mol. The maximum Gasteiger partial charge on any atom is 0.192 e. The monoisotopic (exact) mass is 423 g/mol. The molecule has 0 unspecified atom stereocenters. The SMILES string of the molecule is N#C/C(=C/c1ccccc1OCc1ccccc1)S(=O)(=O)Cc1ccc(Cl)cc1. The summed E-state index contributed by atoms with van der Waals surface area (Å²) >= 11 is 5.84. The predicted molar refractivity (Wildman–Crippen MR) is 115 cm³/mol. The Morgan fingerprint density at radius 1 is 0.931 bits per heavy atom. The molecule has 4 nitrogen and oxygen atoms in total. The minimum absolute atomic E-state index is 0.281. The highest BCUT2D eigenvalue weighted by Crippen LogP contribution is 2.25. The molecule has 0 saturated heterocycles. The lowest BCUT2D eigenvalue weighted by atomic mass is 10.2. The molecule has 146 valence electrons. The molecule has 0 aliphatic carbocycles. The van der Waals surface area contributed by atoms with Gasteiger partial charge in [-0.15, -0.1) is 0 Å². The minimum atomic E-state index is -3.82. The average molecular weight is 424 g/mol. The van der Waals surface area contributed by atoms with Gasteiger partial charge in [-0.3, -0.25) is 0 Å². The van der Waals surface area contributed by atoms with E-state index in [0.717, 1.165) is 5.56 Å². The van der Waals surface area contributed by atoms with Crippen molar-refractivity contribution in [1.29, 1.82) is 5.26 Å². The van der Waals surface area contributed by atoms with Gasteiger partial charge in [-0.25, -0.2) is 8.42 Å². The summed E-state index contributed by atoms with van der Waals surface area (Å²) in [7, 11) is -3.82. The lowest BCUT2D eigenvalue weighted by Gasteiger charge is -2.10. The van der Waals surface area contributed by atoms with Crippen LogP contribution in [-0.4, -0.2) is 8.42 Å². The third kappa shape index (κ3) is 5.71. The first-order valence-corrected chi connectivity index (χ1v) is 10.9. The first-order valence-electron chi connectivity index (χ1n) is 8.83. The molecule has 3 aromatic rings. The maximum atomic E-state index is 12.7. The fourth-order valence-corrected chi connectivity index (χ4v) is 4.04. The zero-order chi connectivity index (χ0) is 20.7. The molecule has 0 fully saturated rings. The van der Waals surface area contributed by atoms with E-state index in [1.807, 2.05) is 36.4 Å². The number of hydrogen-bond donors (Lipinski definition) is 0. The van der Waals surface area contributed by atoms with Gasteiger partial charge in [-0.05, 0) is 35.4 Å². The van der Waals surface area contributed by atoms with E-state index < -0.39 is 9.84 Å². The van der Waals surface area contributed by atoms with Crippen molar-refractivity contribution in [3.05, 3.63) is 105 Å². The number of para-hydroxylation sites is 1. The summed E-state index contributed by atoms with van der Waals surface area (Å²) in [6.45, 7) is 0.338. The molecular formula is C23H18ClNO3S. The molecule has 0 amide bonds. The van der Waals surface area contributed by atoms with Gasteiger partial charge in [0.05, 0.1) is 5.75 Å². The number of benzene rings is 3. The summed E-state index contributed by atoms with van der Waals surface area (Å²) in [4.78, 5) is -0.316. The van der Waals surface area contributed by atoms with Crippen LogP contribution in [0, 0.1) is 11.3 Å². The molecule has 0 aliphatic rings. The number of rotatable bonds is 7. The van der Waals surface area contributed by atoms with Gasteiger partial charge in [0.2, 0.25) is 0 Å². The number of allylic oxidation sites excluding steroid dienone is 1. The molecule has 3 rings (SSSR count). The lowest BCUT2D eigenvalue weighted by molar-refractivity contribution is 0.305. The van der Waals surface area contributed by atoms with E-state index in [9.17, 15) is 13.7 Å². The van der Waals surface area contributed by atoms with Crippen LogP contribution in [-0.2, 0) is 22.2 Å². The molecule has 6 heteroatoms. The number of sulfone groups is 1. The van der Waals surface area contributed by atoms with E-state index in [1.165, 1.54) is 6.08 Å². The highest BCUT2D eigenvalue weighted by atomic mass is 35.5. The van der Waals surface area contributed by atoms with Crippen LogP contribution in [0.15, 0.2) is 83.8 Å². The van der Waals surface area contributed by atoms with Crippen LogP contribution in [0.3, 0.4) is 0 Å². The maximum absolute atomic E-state index is 12.7. The second kappa shape index (κ2) is 9.42. The Morgan fingerprint density at radius 2 is 1.59 bits per heavy atom. The van der Waals surface area contributed by atoms with Crippen molar-refractivity contribution in [2.45, 2.75) is 12.4 Å². The van der Waals surface area contributed by atoms with Gasteiger partial charge >= 0.3 is 0 Å². The third-order valence-electron chi connectivity index (χ3n) is 4.16. The number of ether oxygens (including phenoxy) is 1. The summed E-state index contributed by atoms with van der Waals surface area (Å²) in [5.74, 6) is 0.224.